The van der Waals surface area contributed by atoms with Gasteiger partial charge in [0.1, 0.15) is 0 Å². The smallest absolute Gasteiger partial charge is 0.157 e. The molecule has 2 N–H and O–H groups in total. The molecule has 17 heavy (non-hydrogen) atoms. The van der Waals surface area contributed by atoms with Crippen LogP contribution in [0, 0.1) is 0 Å². The zero-order chi connectivity index (χ0) is 12.3. The first kappa shape index (κ1) is 11.7. The Kier molecular flexibility index (Phi) is 3.44. The number of methoxy groups -OCH3 is 1. The minimum Gasteiger partial charge on any atom is -0.493 e. The van der Waals surface area contributed by atoms with Crippen molar-refractivity contribution in [1.29, 1.82) is 0 Å². The second-order valence-corrected chi connectivity index (χ2v) is 3.90. The summed E-state index contributed by atoms with van der Waals surface area (Å²) in [6.45, 7) is 2.07. The van der Waals surface area contributed by atoms with Gasteiger partial charge < -0.3 is 10.5 Å². The third kappa shape index (κ3) is 2.31. The molecule has 0 amide bonds. The summed E-state index contributed by atoms with van der Waals surface area (Å²) >= 11 is 0. The van der Waals surface area contributed by atoms with Crippen LogP contribution in [-0.4, -0.2) is 16.9 Å². The van der Waals surface area contributed by atoms with E-state index >= 15 is 0 Å². The van der Waals surface area contributed by atoms with Gasteiger partial charge in [0, 0.05) is 6.04 Å². The Morgan fingerprint density at radius 3 is 2.82 bits per heavy atom. The van der Waals surface area contributed by atoms with E-state index in [9.17, 15) is 0 Å². The largest absolute Gasteiger partial charge is 0.493 e. The fourth-order valence-electron chi connectivity index (χ4n) is 1.77. The van der Waals surface area contributed by atoms with Gasteiger partial charge >= 0.3 is 0 Å². The van der Waals surface area contributed by atoms with Crippen molar-refractivity contribution in [1.82, 2.24) is 9.78 Å². The highest BCUT2D eigenvalue weighted by atomic mass is 16.5. The molecule has 2 rings (SSSR count). The standard InChI is InChI=1S/C13H17N3O/c1-3-12(14)11-6-4-5-7-13(11)16-9-10(17-2)8-15-16/h4-9,12H,3,14H2,1-2H3/t12-/m0/s1. The van der Waals surface area contributed by atoms with Gasteiger partial charge in [0.2, 0.25) is 0 Å². The third-order valence-corrected chi connectivity index (χ3v) is 2.82. The van der Waals surface area contributed by atoms with Crippen molar-refractivity contribution in [2.75, 3.05) is 7.11 Å². The number of nitrogens with two attached hydrogens (primary N) is 1. The van der Waals surface area contributed by atoms with Crippen LogP contribution in [0.2, 0.25) is 0 Å². The molecule has 1 aromatic heterocycles. The van der Waals surface area contributed by atoms with Gasteiger partial charge in [0.25, 0.3) is 0 Å². The first-order chi connectivity index (χ1) is 8.26. The number of rotatable bonds is 4. The monoisotopic (exact) mass is 231 g/mol. The fourth-order valence-corrected chi connectivity index (χ4v) is 1.77. The lowest BCUT2D eigenvalue weighted by molar-refractivity contribution is 0.414. The average Bonchev–Trinajstić information content (AvgIpc) is 2.86. The van der Waals surface area contributed by atoms with E-state index in [0.29, 0.717) is 0 Å². The van der Waals surface area contributed by atoms with Gasteiger partial charge in [-0.25, -0.2) is 4.68 Å². The Morgan fingerprint density at radius 1 is 1.41 bits per heavy atom. The van der Waals surface area contributed by atoms with Crippen LogP contribution in [0.5, 0.6) is 5.75 Å². The van der Waals surface area contributed by atoms with E-state index in [1.807, 2.05) is 30.5 Å². The molecule has 1 atom stereocenters. The second kappa shape index (κ2) is 5.01. The average molecular weight is 231 g/mol. The number of benzene rings is 1. The van der Waals surface area contributed by atoms with E-state index in [0.717, 1.165) is 23.4 Å². The molecule has 2 aromatic rings. The van der Waals surface area contributed by atoms with Crippen LogP contribution in [0.15, 0.2) is 36.7 Å². The molecule has 0 saturated heterocycles. The molecule has 0 radical (unpaired) electrons. The SMILES string of the molecule is CC[C@H](N)c1ccccc1-n1cc(OC)cn1. The number of ether oxygens (including phenoxy) is 1. The summed E-state index contributed by atoms with van der Waals surface area (Å²) in [5, 5.41) is 4.27. The molecular formula is C13H17N3O. The topological polar surface area (TPSA) is 53.1 Å². The van der Waals surface area contributed by atoms with E-state index in [1.54, 1.807) is 18.0 Å². The lowest BCUT2D eigenvalue weighted by Crippen LogP contribution is -2.12. The number of para-hydroxylation sites is 1. The zero-order valence-electron chi connectivity index (χ0n) is 10.1. The summed E-state index contributed by atoms with van der Waals surface area (Å²) in [6.07, 6.45) is 4.44. The first-order valence-corrected chi connectivity index (χ1v) is 5.69. The Morgan fingerprint density at radius 2 is 2.18 bits per heavy atom. The van der Waals surface area contributed by atoms with Gasteiger partial charge in [-0.15, -0.1) is 0 Å². The van der Waals surface area contributed by atoms with Crippen LogP contribution in [-0.2, 0) is 0 Å². The molecule has 0 aliphatic rings. The van der Waals surface area contributed by atoms with Crippen molar-refractivity contribution >= 4 is 0 Å². The molecule has 0 aliphatic heterocycles. The van der Waals surface area contributed by atoms with E-state index < -0.39 is 0 Å². The molecule has 1 aromatic carbocycles. The third-order valence-electron chi connectivity index (χ3n) is 2.82. The van der Waals surface area contributed by atoms with Crippen molar-refractivity contribution < 1.29 is 4.74 Å². The molecule has 1 heterocycles. The predicted octanol–water partition coefficient (Wildman–Crippen LogP) is 2.29. The second-order valence-electron chi connectivity index (χ2n) is 3.90. The normalized spacial score (nSPS) is 12.4. The predicted molar refractivity (Wildman–Crippen MR) is 67.3 cm³/mol. The summed E-state index contributed by atoms with van der Waals surface area (Å²) in [6, 6.07) is 8.06. The van der Waals surface area contributed by atoms with Gasteiger partial charge in [-0.2, -0.15) is 5.10 Å². The summed E-state index contributed by atoms with van der Waals surface area (Å²) in [5.41, 5.74) is 8.20. The summed E-state index contributed by atoms with van der Waals surface area (Å²) in [5.74, 6) is 0.741. The highest BCUT2D eigenvalue weighted by molar-refractivity contribution is 5.43. The molecule has 0 unspecified atom stereocenters. The van der Waals surface area contributed by atoms with Crippen LogP contribution in [0.3, 0.4) is 0 Å². The van der Waals surface area contributed by atoms with Crippen molar-refractivity contribution in [3.05, 3.63) is 42.2 Å². The van der Waals surface area contributed by atoms with Crippen LogP contribution in [0.25, 0.3) is 5.69 Å². The first-order valence-electron chi connectivity index (χ1n) is 5.69. The van der Waals surface area contributed by atoms with Crippen LogP contribution in [0.4, 0.5) is 0 Å². The highest BCUT2D eigenvalue weighted by Gasteiger charge is 2.11. The molecule has 4 heteroatoms. The Bertz CT molecular complexity index is 493. The minimum absolute atomic E-state index is 0.0291. The molecule has 0 aliphatic carbocycles. The van der Waals surface area contributed by atoms with E-state index in [2.05, 4.69) is 12.0 Å². The quantitative estimate of drug-likeness (QED) is 0.878. The van der Waals surface area contributed by atoms with Crippen LogP contribution < -0.4 is 10.5 Å². The van der Waals surface area contributed by atoms with Gasteiger partial charge in [-0.05, 0) is 18.1 Å². The molecule has 90 valence electrons. The van der Waals surface area contributed by atoms with E-state index in [4.69, 9.17) is 10.5 Å². The maximum absolute atomic E-state index is 6.10. The Balaban J connectivity index is 2.44. The van der Waals surface area contributed by atoms with Gasteiger partial charge in [0.15, 0.2) is 5.75 Å². The Hall–Kier alpha value is -1.81. The molecule has 0 saturated carbocycles. The number of aromatic nitrogens is 2. The van der Waals surface area contributed by atoms with Crippen molar-refractivity contribution in [2.45, 2.75) is 19.4 Å². The summed E-state index contributed by atoms with van der Waals surface area (Å²) in [7, 11) is 1.63. The maximum atomic E-state index is 6.10. The maximum Gasteiger partial charge on any atom is 0.157 e. The summed E-state index contributed by atoms with van der Waals surface area (Å²) in [4.78, 5) is 0. The molecule has 4 nitrogen and oxygen atoms in total. The molecular weight excluding hydrogens is 214 g/mol. The van der Waals surface area contributed by atoms with E-state index in [-0.39, 0.29) is 6.04 Å². The number of nitrogens with zero attached hydrogens (tertiary/aromatic N) is 2. The highest BCUT2D eigenvalue weighted by Crippen LogP contribution is 2.23. The van der Waals surface area contributed by atoms with Gasteiger partial charge in [0.05, 0.1) is 25.2 Å². The molecule has 0 bridgehead atoms. The lowest BCUT2D eigenvalue weighted by atomic mass is 10.0. The zero-order valence-corrected chi connectivity index (χ0v) is 10.1. The number of hydrogen-bond acceptors (Lipinski definition) is 3. The minimum atomic E-state index is 0.0291. The van der Waals surface area contributed by atoms with Crippen molar-refractivity contribution in [3.8, 4) is 11.4 Å². The molecule has 0 fully saturated rings. The summed E-state index contributed by atoms with van der Waals surface area (Å²) < 4.78 is 6.92. The van der Waals surface area contributed by atoms with Crippen molar-refractivity contribution in [3.63, 3.8) is 0 Å². The van der Waals surface area contributed by atoms with Gasteiger partial charge in [-0.3, -0.25) is 0 Å². The number of hydrogen-bond donors (Lipinski definition) is 1. The van der Waals surface area contributed by atoms with Crippen molar-refractivity contribution in [2.24, 2.45) is 5.73 Å². The van der Waals surface area contributed by atoms with Crippen LogP contribution in [0.1, 0.15) is 24.9 Å². The van der Waals surface area contributed by atoms with Crippen LogP contribution >= 0.6 is 0 Å². The van der Waals surface area contributed by atoms with Gasteiger partial charge in [-0.1, -0.05) is 25.1 Å². The Labute approximate surface area is 101 Å². The fraction of sp³-hybridized carbons (Fsp3) is 0.308. The lowest BCUT2D eigenvalue weighted by Gasteiger charge is -2.14. The van der Waals surface area contributed by atoms with E-state index in [1.165, 1.54) is 0 Å². The molecule has 0 spiro atoms.